The van der Waals surface area contributed by atoms with E-state index in [4.69, 9.17) is 15.0 Å². The number of carbonyl (C=O) groups excluding carboxylic acids is 2. The lowest BCUT2D eigenvalue weighted by Gasteiger charge is -2.22. The molecule has 1 heterocycles. The number of esters is 1. The molecule has 4 rings (SSSR count). The topological polar surface area (TPSA) is 88.2 Å². The van der Waals surface area contributed by atoms with Gasteiger partial charge in [0.25, 0.3) is 5.91 Å². The first-order valence-corrected chi connectivity index (χ1v) is 11.5. The predicted molar refractivity (Wildman–Crippen MR) is 134 cm³/mol. The molecule has 0 atom stereocenters. The number of aryl methyl sites for hydroxylation is 3. The number of para-hydroxylation sites is 1. The number of aromatic nitrogens is 2. The van der Waals surface area contributed by atoms with Crippen LogP contribution in [-0.2, 0) is 29.4 Å². The molecule has 0 fully saturated rings. The molecule has 0 N–H and O–H groups in total. The molecule has 0 saturated carbocycles. The number of benzene rings is 3. The molecule has 0 aliphatic carbocycles. The fourth-order valence-electron chi connectivity index (χ4n) is 3.99. The van der Waals surface area contributed by atoms with Gasteiger partial charge in [0.2, 0.25) is 0 Å². The third-order valence-electron chi connectivity index (χ3n) is 5.85. The molecule has 3 aromatic carbocycles. The number of imidazole rings is 1. The van der Waals surface area contributed by atoms with Crippen LogP contribution in [0, 0.1) is 11.3 Å². The van der Waals surface area contributed by atoms with Crippen LogP contribution < -0.4 is 4.90 Å². The summed E-state index contributed by atoms with van der Waals surface area (Å²) in [7, 11) is 1.96. The number of nitriles is 1. The summed E-state index contributed by atoms with van der Waals surface area (Å²) in [5.74, 6) is 0.144. The largest absolute Gasteiger partial charge is 0.465 e. The highest BCUT2D eigenvalue weighted by molar-refractivity contribution is 6.09. The molecule has 1 aromatic heterocycles. The predicted octanol–water partition coefficient (Wildman–Crippen LogP) is 4.44. The second-order valence-corrected chi connectivity index (χ2v) is 8.13. The maximum Gasteiger partial charge on any atom is 0.326 e. The minimum atomic E-state index is -0.464. The molecule has 0 aliphatic rings. The van der Waals surface area contributed by atoms with Gasteiger partial charge in [0.15, 0.2) is 0 Å². The van der Waals surface area contributed by atoms with Gasteiger partial charge in [0.1, 0.15) is 12.4 Å². The Morgan fingerprint density at radius 1 is 1.03 bits per heavy atom. The molecule has 1 amide bonds. The molecule has 7 nitrogen and oxygen atoms in total. The van der Waals surface area contributed by atoms with E-state index in [9.17, 15) is 9.59 Å². The normalized spacial score (nSPS) is 10.7. The van der Waals surface area contributed by atoms with Crippen LogP contribution in [0.2, 0.25) is 0 Å². The number of amides is 1. The SMILES string of the molecule is CCOC(=O)CN(C(=O)c1ccc2c(c1)nc(CCc1ccc(C#N)cc1)n2C)c1ccccc1. The van der Waals surface area contributed by atoms with Crippen molar-refractivity contribution in [2.45, 2.75) is 19.8 Å². The zero-order chi connectivity index (χ0) is 24.8. The smallest absolute Gasteiger partial charge is 0.326 e. The van der Waals surface area contributed by atoms with Gasteiger partial charge in [-0.15, -0.1) is 0 Å². The number of ether oxygens (including phenoxy) is 1. The molecular formula is C28H26N4O3. The van der Waals surface area contributed by atoms with Gasteiger partial charge in [-0.3, -0.25) is 14.5 Å². The molecule has 0 bridgehead atoms. The standard InChI is InChI=1S/C28H26N4O3/c1-3-35-27(33)19-32(23-7-5-4-6-8-23)28(34)22-14-15-25-24(17-22)30-26(31(25)2)16-13-20-9-11-21(18-29)12-10-20/h4-12,14-15,17H,3,13,16,19H2,1-2H3. The van der Waals surface area contributed by atoms with Crippen LogP contribution in [0.3, 0.4) is 0 Å². The quantitative estimate of drug-likeness (QED) is 0.358. The summed E-state index contributed by atoms with van der Waals surface area (Å²) >= 11 is 0. The van der Waals surface area contributed by atoms with Crippen LogP contribution in [0.4, 0.5) is 5.69 Å². The Labute approximate surface area is 204 Å². The van der Waals surface area contributed by atoms with E-state index in [1.807, 2.05) is 60.1 Å². The van der Waals surface area contributed by atoms with Crippen molar-refractivity contribution in [2.75, 3.05) is 18.1 Å². The van der Waals surface area contributed by atoms with Crippen LogP contribution in [-0.4, -0.2) is 34.6 Å². The van der Waals surface area contributed by atoms with Crippen molar-refractivity contribution in [2.24, 2.45) is 7.05 Å². The van der Waals surface area contributed by atoms with E-state index in [2.05, 4.69) is 6.07 Å². The van der Waals surface area contributed by atoms with Crippen LogP contribution >= 0.6 is 0 Å². The number of anilines is 1. The number of rotatable bonds is 8. The Morgan fingerprint density at radius 3 is 2.46 bits per heavy atom. The summed E-state index contributed by atoms with van der Waals surface area (Å²) in [6.45, 7) is 1.81. The van der Waals surface area contributed by atoms with Crippen LogP contribution in [0.15, 0.2) is 72.8 Å². The number of nitrogens with zero attached hydrogens (tertiary/aromatic N) is 4. The lowest BCUT2D eigenvalue weighted by Crippen LogP contribution is -2.36. The Morgan fingerprint density at radius 2 is 1.77 bits per heavy atom. The summed E-state index contributed by atoms with van der Waals surface area (Å²) in [5, 5.41) is 8.97. The molecular weight excluding hydrogens is 440 g/mol. The first-order chi connectivity index (χ1) is 17.0. The second kappa shape index (κ2) is 10.7. The Hall–Kier alpha value is -4.44. The average Bonchev–Trinajstić information content (AvgIpc) is 3.21. The lowest BCUT2D eigenvalue weighted by atomic mass is 10.1. The van der Waals surface area contributed by atoms with Gasteiger partial charge in [-0.1, -0.05) is 30.3 Å². The van der Waals surface area contributed by atoms with E-state index in [1.54, 1.807) is 31.2 Å². The number of carbonyl (C=O) groups is 2. The van der Waals surface area contributed by atoms with Crippen molar-refractivity contribution in [3.05, 3.63) is 95.3 Å². The fraction of sp³-hybridized carbons (Fsp3) is 0.214. The summed E-state index contributed by atoms with van der Waals surface area (Å²) in [5.41, 5.74) is 4.48. The van der Waals surface area contributed by atoms with Crippen LogP contribution in [0.1, 0.15) is 34.2 Å². The summed E-state index contributed by atoms with van der Waals surface area (Å²) in [4.78, 5) is 31.8. The minimum Gasteiger partial charge on any atom is -0.465 e. The molecule has 176 valence electrons. The molecule has 0 radical (unpaired) electrons. The molecule has 0 saturated heterocycles. The van der Waals surface area contributed by atoms with Gasteiger partial charge in [0, 0.05) is 24.7 Å². The van der Waals surface area contributed by atoms with E-state index in [0.29, 0.717) is 16.8 Å². The minimum absolute atomic E-state index is 0.174. The molecule has 35 heavy (non-hydrogen) atoms. The van der Waals surface area contributed by atoms with Gasteiger partial charge in [0.05, 0.1) is 29.3 Å². The van der Waals surface area contributed by atoms with E-state index in [1.165, 1.54) is 4.90 Å². The van der Waals surface area contributed by atoms with E-state index in [-0.39, 0.29) is 19.1 Å². The van der Waals surface area contributed by atoms with Gasteiger partial charge in [-0.05, 0) is 61.4 Å². The first-order valence-electron chi connectivity index (χ1n) is 11.5. The molecule has 0 aliphatic heterocycles. The molecule has 0 spiro atoms. The van der Waals surface area contributed by atoms with Gasteiger partial charge >= 0.3 is 5.97 Å². The molecule has 4 aromatic rings. The Bertz CT molecular complexity index is 1390. The lowest BCUT2D eigenvalue weighted by molar-refractivity contribution is -0.141. The van der Waals surface area contributed by atoms with Crippen LogP contribution in [0.5, 0.6) is 0 Å². The number of hydrogen-bond donors (Lipinski definition) is 0. The Kier molecular flexibility index (Phi) is 7.22. The van der Waals surface area contributed by atoms with Crippen molar-refractivity contribution in [3.8, 4) is 6.07 Å². The number of fused-ring (bicyclic) bond motifs is 1. The highest BCUT2D eigenvalue weighted by atomic mass is 16.5. The second-order valence-electron chi connectivity index (χ2n) is 8.13. The van der Waals surface area contributed by atoms with Crippen molar-refractivity contribution in [1.82, 2.24) is 9.55 Å². The van der Waals surface area contributed by atoms with Crippen molar-refractivity contribution < 1.29 is 14.3 Å². The third-order valence-corrected chi connectivity index (χ3v) is 5.85. The van der Waals surface area contributed by atoms with E-state index >= 15 is 0 Å². The summed E-state index contributed by atoms with van der Waals surface area (Å²) < 4.78 is 7.11. The maximum absolute atomic E-state index is 13.4. The van der Waals surface area contributed by atoms with Crippen molar-refractivity contribution in [1.29, 1.82) is 5.26 Å². The third kappa shape index (κ3) is 5.39. The zero-order valence-corrected chi connectivity index (χ0v) is 19.8. The van der Waals surface area contributed by atoms with E-state index in [0.717, 1.165) is 35.3 Å². The van der Waals surface area contributed by atoms with E-state index < -0.39 is 5.97 Å². The average molecular weight is 467 g/mol. The van der Waals surface area contributed by atoms with Crippen molar-refractivity contribution >= 4 is 28.6 Å². The Balaban J connectivity index is 1.58. The fourth-order valence-corrected chi connectivity index (χ4v) is 3.99. The molecule has 7 heteroatoms. The highest BCUT2D eigenvalue weighted by Crippen LogP contribution is 2.22. The first kappa shape index (κ1) is 23.7. The van der Waals surface area contributed by atoms with Gasteiger partial charge in [-0.2, -0.15) is 5.26 Å². The van der Waals surface area contributed by atoms with Crippen molar-refractivity contribution in [3.63, 3.8) is 0 Å². The maximum atomic E-state index is 13.4. The summed E-state index contributed by atoms with van der Waals surface area (Å²) in [6.07, 6.45) is 1.51. The zero-order valence-electron chi connectivity index (χ0n) is 19.8. The number of hydrogen-bond acceptors (Lipinski definition) is 5. The van der Waals surface area contributed by atoms with Gasteiger partial charge in [-0.25, -0.2) is 4.98 Å². The monoisotopic (exact) mass is 466 g/mol. The summed E-state index contributed by atoms with van der Waals surface area (Å²) in [6, 6.07) is 24.2. The van der Waals surface area contributed by atoms with Crippen LogP contribution in [0.25, 0.3) is 11.0 Å². The van der Waals surface area contributed by atoms with Gasteiger partial charge < -0.3 is 9.30 Å². The highest BCUT2D eigenvalue weighted by Gasteiger charge is 2.22. The molecule has 0 unspecified atom stereocenters.